The summed E-state index contributed by atoms with van der Waals surface area (Å²) < 4.78 is 2.08. The summed E-state index contributed by atoms with van der Waals surface area (Å²) in [6.07, 6.45) is 2.34. The van der Waals surface area contributed by atoms with Crippen LogP contribution >= 0.6 is 0 Å². The predicted octanol–water partition coefficient (Wildman–Crippen LogP) is 4.65. The number of nitrogens with zero attached hydrogens (tertiary/aromatic N) is 2. The predicted molar refractivity (Wildman–Crippen MR) is 89.8 cm³/mol. The first-order valence-electron chi connectivity index (χ1n) is 7.96. The van der Waals surface area contributed by atoms with Gasteiger partial charge >= 0.3 is 0 Å². The van der Waals surface area contributed by atoms with Crippen LogP contribution in [0.2, 0.25) is 0 Å². The van der Waals surface area contributed by atoms with Gasteiger partial charge < -0.3 is 5.32 Å². The van der Waals surface area contributed by atoms with Gasteiger partial charge in [-0.25, -0.2) is 0 Å². The van der Waals surface area contributed by atoms with E-state index in [1.165, 1.54) is 28.9 Å². The summed E-state index contributed by atoms with van der Waals surface area (Å²) in [5.41, 5.74) is 6.27. The van der Waals surface area contributed by atoms with Gasteiger partial charge in [-0.2, -0.15) is 5.10 Å². The van der Waals surface area contributed by atoms with Crippen molar-refractivity contribution < 1.29 is 0 Å². The van der Waals surface area contributed by atoms with Gasteiger partial charge in [0.1, 0.15) is 0 Å². The van der Waals surface area contributed by atoms with E-state index in [0.717, 1.165) is 18.7 Å². The van der Waals surface area contributed by atoms with E-state index in [2.05, 4.69) is 74.0 Å². The van der Waals surface area contributed by atoms with Gasteiger partial charge in [-0.3, -0.25) is 4.68 Å². The highest BCUT2D eigenvalue weighted by Crippen LogP contribution is 2.25. The molecule has 0 fully saturated rings. The highest BCUT2D eigenvalue weighted by atomic mass is 15.3. The van der Waals surface area contributed by atoms with Crippen molar-refractivity contribution in [3.63, 3.8) is 0 Å². The summed E-state index contributed by atoms with van der Waals surface area (Å²) in [6.45, 7) is 11.7. The molecule has 0 amide bonds. The minimum absolute atomic E-state index is 0.266. The Morgan fingerprint density at radius 1 is 1.14 bits per heavy atom. The average Bonchev–Trinajstić information content (AvgIpc) is 2.75. The maximum absolute atomic E-state index is 4.61. The van der Waals surface area contributed by atoms with E-state index in [0.29, 0.717) is 0 Å². The van der Waals surface area contributed by atoms with Crippen molar-refractivity contribution >= 4 is 5.69 Å². The molecule has 1 aromatic carbocycles. The monoisotopic (exact) mass is 285 g/mol. The van der Waals surface area contributed by atoms with E-state index >= 15 is 0 Å². The smallest absolute Gasteiger partial charge is 0.0649 e. The van der Waals surface area contributed by atoms with Crippen LogP contribution in [-0.2, 0) is 13.0 Å². The van der Waals surface area contributed by atoms with Gasteiger partial charge in [-0.05, 0) is 51.8 Å². The molecule has 0 saturated heterocycles. The van der Waals surface area contributed by atoms with E-state index in [1.54, 1.807) is 0 Å². The summed E-state index contributed by atoms with van der Waals surface area (Å²) >= 11 is 0. The molecule has 1 atom stereocenters. The lowest BCUT2D eigenvalue weighted by Crippen LogP contribution is -2.09. The third-order valence-corrected chi connectivity index (χ3v) is 4.05. The largest absolute Gasteiger partial charge is 0.378 e. The molecule has 0 bridgehead atoms. The second kappa shape index (κ2) is 6.79. The second-order valence-corrected chi connectivity index (χ2v) is 5.71. The lowest BCUT2D eigenvalue weighted by atomic mass is 10.1. The van der Waals surface area contributed by atoms with Gasteiger partial charge in [0, 0.05) is 23.5 Å². The Morgan fingerprint density at radius 2 is 1.81 bits per heavy atom. The summed E-state index contributed by atoms with van der Waals surface area (Å²) in [6, 6.07) is 9.05. The number of benzene rings is 1. The highest BCUT2D eigenvalue weighted by Gasteiger charge is 2.16. The summed E-state index contributed by atoms with van der Waals surface area (Å²) in [5.74, 6) is 0. The zero-order valence-corrected chi connectivity index (χ0v) is 13.9. The lowest BCUT2D eigenvalue weighted by Gasteiger charge is -2.16. The quantitative estimate of drug-likeness (QED) is 0.837. The Kier molecular flexibility index (Phi) is 5.05. The first kappa shape index (κ1) is 15.6. The number of aromatic nitrogens is 2. The van der Waals surface area contributed by atoms with E-state index in [-0.39, 0.29) is 6.04 Å². The molecule has 0 radical (unpaired) electrons. The van der Waals surface area contributed by atoms with Crippen LogP contribution in [-0.4, -0.2) is 9.78 Å². The summed E-state index contributed by atoms with van der Waals surface area (Å²) in [5, 5.41) is 8.20. The molecule has 2 rings (SSSR count). The molecular weight excluding hydrogens is 258 g/mol. The number of aryl methyl sites for hydroxylation is 3. The molecule has 1 aromatic heterocycles. The molecule has 0 spiro atoms. The van der Waals surface area contributed by atoms with E-state index < -0.39 is 0 Å². The minimum Gasteiger partial charge on any atom is -0.378 e. The second-order valence-electron chi connectivity index (χ2n) is 5.71. The van der Waals surface area contributed by atoms with Crippen LogP contribution in [0.5, 0.6) is 0 Å². The molecule has 2 aromatic rings. The first-order chi connectivity index (χ1) is 10.1. The van der Waals surface area contributed by atoms with E-state index in [9.17, 15) is 0 Å². The van der Waals surface area contributed by atoms with Gasteiger partial charge in [0.25, 0.3) is 0 Å². The molecule has 3 nitrogen and oxygen atoms in total. The van der Waals surface area contributed by atoms with Gasteiger partial charge in [0.05, 0.1) is 11.7 Å². The molecule has 0 aliphatic rings. The van der Waals surface area contributed by atoms with Crippen molar-refractivity contribution in [1.29, 1.82) is 0 Å². The maximum Gasteiger partial charge on any atom is 0.0649 e. The fraction of sp³-hybridized carbons (Fsp3) is 0.500. The fourth-order valence-electron chi connectivity index (χ4n) is 3.02. The van der Waals surface area contributed by atoms with Crippen molar-refractivity contribution in [1.82, 2.24) is 9.78 Å². The van der Waals surface area contributed by atoms with Crippen LogP contribution < -0.4 is 5.32 Å². The molecular formula is C18H27N3. The van der Waals surface area contributed by atoms with Gasteiger partial charge in [-0.15, -0.1) is 0 Å². The normalized spacial score (nSPS) is 12.4. The Hall–Kier alpha value is -1.77. The molecule has 0 saturated carbocycles. The minimum atomic E-state index is 0.266. The van der Waals surface area contributed by atoms with Crippen molar-refractivity contribution in [3.05, 3.63) is 46.8 Å². The molecule has 0 aliphatic heterocycles. The third kappa shape index (κ3) is 3.46. The maximum atomic E-state index is 4.61. The fourth-order valence-corrected chi connectivity index (χ4v) is 3.02. The standard InChI is InChI=1S/C18H27N3/c1-6-8-16-9-11-17(12-10-16)19-13(3)18-14(4)20-21(7-2)15(18)5/h9-13,19H,6-8H2,1-5H3. The molecule has 0 aliphatic carbocycles. The number of hydrogen-bond acceptors (Lipinski definition) is 2. The Balaban J connectivity index is 2.14. The molecule has 1 unspecified atom stereocenters. The Bertz CT molecular complexity index is 581. The van der Waals surface area contributed by atoms with Crippen molar-refractivity contribution in [2.75, 3.05) is 5.32 Å². The van der Waals surface area contributed by atoms with E-state index in [1.807, 2.05) is 0 Å². The number of hydrogen-bond donors (Lipinski definition) is 1. The zero-order valence-electron chi connectivity index (χ0n) is 13.9. The summed E-state index contributed by atoms with van der Waals surface area (Å²) in [7, 11) is 0. The van der Waals surface area contributed by atoms with Crippen molar-refractivity contribution in [2.24, 2.45) is 0 Å². The topological polar surface area (TPSA) is 29.9 Å². The zero-order chi connectivity index (χ0) is 15.4. The SMILES string of the molecule is CCCc1ccc(NC(C)c2c(C)nn(CC)c2C)cc1. The first-order valence-corrected chi connectivity index (χ1v) is 7.96. The summed E-state index contributed by atoms with van der Waals surface area (Å²) in [4.78, 5) is 0. The van der Waals surface area contributed by atoms with Crippen LogP contribution in [0.1, 0.15) is 55.7 Å². The highest BCUT2D eigenvalue weighted by molar-refractivity contribution is 5.47. The van der Waals surface area contributed by atoms with Crippen LogP contribution in [0.4, 0.5) is 5.69 Å². The lowest BCUT2D eigenvalue weighted by molar-refractivity contribution is 0.632. The van der Waals surface area contributed by atoms with Crippen LogP contribution in [0.15, 0.2) is 24.3 Å². The molecule has 114 valence electrons. The molecule has 21 heavy (non-hydrogen) atoms. The Morgan fingerprint density at radius 3 is 2.33 bits per heavy atom. The molecule has 1 heterocycles. The van der Waals surface area contributed by atoms with Gasteiger partial charge in [0.2, 0.25) is 0 Å². The van der Waals surface area contributed by atoms with Gasteiger partial charge in [0.15, 0.2) is 0 Å². The third-order valence-electron chi connectivity index (χ3n) is 4.05. The van der Waals surface area contributed by atoms with Crippen LogP contribution in [0.25, 0.3) is 0 Å². The van der Waals surface area contributed by atoms with Crippen molar-refractivity contribution in [3.8, 4) is 0 Å². The molecule has 1 N–H and O–H groups in total. The average molecular weight is 285 g/mol. The number of anilines is 1. The van der Waals surface area contributed by atoms with Crippen molar-refractivity contribution in [2.45, 2.75) is 60.0 Å². The number of nitrogens with one attached hydrogen (secondary N) is 1. The van der Waals surface area contributed by atoms with Crippen LogP contribution in [0.3, 0.4) is 0 Å². The molecule has 3 heteroatoms. The Labute approximate surface area is 128 Å². The number of rotatable bonds is 6. The van der Waals surface area contributed by atoms with Crippen LogP contribution in [0, 0.1) is 13.8 Å². The van der Waals surface area contributed by atoms with E-state index in [4.69, 9.17) is 0 Å². The van der Waals surface area contributed by atoms with Gasteiger partial charge in [-0.1, -0.05) is 25.5 Å².